The van der Waals surface area contributed by atoms with E-state index in [4.69, 9.17) is 4.42 Å². The molecule has 22 heavy (non-hydrogen) atoms. The predicted octanol–water partition coefficient (Wildman–Crippen LogP) is 0.624. The summed E-state index contributed by atoms with van der Waals surface area (Å²) in [6.07, 6.45) is 2.19. The Balaban J connectivity index is 1.50. The number of rotatable bonds is 3. The first-order chi connectivity index (χ1) is 10.7. The van der Waals surface area contributed by atoms with Gasteiger partial charge in [-0.1, -0.05) is 0 Å². The van der Waals surface area contributed by atoms with Crippen molar-refractivity contribution in [3.05, 3.63) is 35.8 Å². The van der Waals surface area contributed by atoms with Crippen LogP contribution < -0.4 is 0 Å². The van der Waals surface area contributed by atoms with Crippen LogP contribution in [0, 0.1) is 0 Å². The molecule has 0 unspecified atom stereocenters. The van der Waals surface area contributed by atoms with Crippen molar-refractivity contribution in [3.63, 3.8) is 0 Å². The molecule has 0 spiro atoms. The largest absolute Gasteiger partial charge is 0.468 e. The Kier molecular flexibility index (Phi) is 3.48. The first-order valence-electron chi connectivity index (χ1n) is 7.75. The molecular weight excluding hydrogens is 282 g/mol. The van der Waals surface area contributed by atoms with Gasteiger partial charge in [-0.15, -0.1) is 10.2 Å². The van der Waals surface area contributed by atoms with Gasteiger partial charge >= 0.3 is 0 Å². The predicted molar refractivity (Wildman–Crippen MR) is 78.8 cm³/mol. The number of hydrogen-bond acceptors (Lipinski definition) is 6. The van der Waals surface area contributed by atoms with Crippen LogP contribution in [-0.2, 0) is 19.6 Å². The number of aliphatic hydroxyl groups is 1. The van der Waals surface area contributed by atoms with Crippen LogP contribution in [0.15, 0.2) is 22.8 Å². The van der Waals surface area contributed by atoms with E-state index >= 15 is 0 Å². The first kappa shape index (κ1) is 13.9. The van der Waals surface area contributed by atoms with E-state index in [1.54, 1.807) is 6.26 Å². The molecule has 0 amide bonds. The normalized spacial score (nSPS) is 26.5. The lowest BCUT2D eigenvalue weighted by Gasteiger charge is -2.28. The zero-order chi connectivity index (χ0) is 15.1. The molecule has 1 saturated heterocycles. The third kappa shape index (κ3) is 2.45. The van der Waals surface area contributed by atoms with Crippen molar-refractivity contribution >= 4 is 0 Å². The minimum absolute atomic E-state index is 0.174. The van der Waals surface area contributed by atoms with Gasteiger partial charge in [-0.3, -0.25) is 9.80 Å². The van der Waals surface area contributed by atoms with Gasteiger partial charge in [0.1, 0.15) is 11.6 Å². The van der Waals surface area contributed by atoms with E-state index in [0.29, 0.717) is 6.54 Å². The lowest BCUT2D eigenvalue weighted by atomic mass is 10.2. The minimum Gasteiger partial charge on any atom is -0.468 e. The van der Waals surface area contributed by atoms with Crippen LogP contribution in [0.5, 0.6) is 0 Å². The van der Waals surface area contributed by atoms with E-state index in [9.17, 15) is 5.11 Å². The van der Waals surface area contributed by atoms with Gasteiger partial charge in [0.15, 0.2) is 5.82 Å². The lowest BCUT2D eigenvalue weighted by Crippen LogP contribution is -2.34. The van der Waals surface area contributed by atoms with Crippen molar-refractivity contribution in [2.45, 2.75) is 38.2 Å². The molecule has 1 fully saturated rings. The highest BCUT2D eigenvalue weighted by atomic mass is 16.3. The van der Waals surface area contributed by atoms with Gasteiger partial charge < -0.3 is 14.1 Å². The molecule has 7 nitrogen and oxygen atoms in total. The van der Waals surface area contributed by atoms with Crippen LogP contribution in [0.4, 0.5) is 0 Å². The summed E-state index contributed by atoms with van der Waals surface area (Å²) in [4.78, 5) is 4.48. The number of nitrogens with zero attached hydrogens (tertiary/aromatic N) is 5. The van der Waals surface area contributed by atoms with Gasteiger partial charge in [0, 0.05) is 19.6 Å². The van der Waals surface area contributed by atoms with Gasteiger partial charge in [0.05, 0.1) is 31.5 Å². The number of furan rings is 1. The third-order valence-corrected chi connectivity index (χ3v) is 4.64. The molecule has 7 heteroatoms. The maximum absolute atomic E-state index is 9.84. The second-order valence-electron chi connectivity index (χ2n) is 6.26. The molecule has 2 aliphatic heterocycles. The molecule has 0 saturated carbocycles. The van der Waals surface area contributed by atoms with E-state index in [2.05, 4.69) is 24.6 Å². The summed E-state index contributed by atoms with van der Waals surface area (Å²) in [6, 6.07) is 4.09. The van der Waals surface area contributed by atoms with Crippen LogP contribution in [-0.4, -0.2) is 55.9 Å². The molecule has 0 aliphatic carbocycles. The summed E-state index contributed by atoms with van der Waals surface area (Å²) in [6.45, 7) is 4.14. The van der Waals surface area contributed by atoms with Crippen molar-refractivity contribution < 1.29 is 9.52 Å². The maximum atomic E-state index is 9.84. The Hall–Kier alpha value is -1.70. The Morgan fingerprint density at radius 2 is 2.27 bits per heavy atom. The van der Waals surface area contributed by atoms with Gasteiger partial charge in [-0.25, -0.2) is 0 Å². The summed E-state index contributed by atoms with van der Waals surface area (Å²) in [5.41, 5.74) is 0. The van der Waals surface area contributed by atoms with Crippen molar-refractivity contribution in [1.29, 1.82) is 0 Å². The number of aromatic nitrogens is 3. The molecule has 0 radical (unpaired) electrons. The monoisotopic (exact) mass is 303 g/mol. The molecule has 2 aliphatic rings. The van der Waals surface area contributed by atoms with Crippen molar-refractivity contribution in [1.82, 2.24) is 24.6 Å². The van der Waals surface area contributed by atoms with Gasteiger partial charge in [0.2, 0.25) is 0 Å². The molecule has 2 aromatic heterocycles. The zero-order valence-electron chi connectivity index (χ0n) is 12.7. The molecule has 2 aromatic rings. The van der Waals surface area contributed by atoms with Crippen LogP contribution in [0.3, 0.4) is 0 Å². The van der Waals surface area contributed by atoms with Crippen molar-refractivity contribution in [3.8, 4) is 0 Å². The summed E-state index contributed by atoms with van der Waals surface area (Å²) >= 11 is 0. The number of fused-ring (bicyclic) bond motifs is 1. The number of aliphatic hydroxyl groups excluding tert-OH is 1. The Bertz CT molecular complexity index is 638. The highest BCUT2D eigenvalue weighted by molar-refractivity contribution is 5.07. The fourth-order valence-electron chi connectivity index (χ4n) is 3.51. The average Bonchev–Trinajstić information content (AvgIpc) is 3.19. The number of likely N-dealkylation sites (N-methyl/N-ethyl adjacent to an activating group) is 1. The Morgan fingerprint density at radius 1 is 1.36 bits per heavy atom. The standard InChI is InChI=1S/C15H21N5O2/c1-18-8-11(21)7-13(18)15-17-16-14-10-19(4-5-20(14)15)9-12-3-2-6-22-12/h2-3,6,11,13,21H,4-5,7-10H2,1H3/t11-,13+/m1/s1. The zero-order valence-corrected chi connectivity index (χ0v) is 12.7. The van der Waals surface area contributed by atoms with Crippen LogP contribution in [0.1, 0.15) is 29.9 Å². The summed E-state index contributed by atoms with van der Waals surface area (Å²) in [5, 5.41) is 18.6. The van der Waals surface area contributed by atoms with Crippen LogP contribution >= 0.6 is 0 Å². The van der Waals surface area contributed by atoms with Gasteiger partial charge in [0.25, 0.3) is 0 Å². The molecule has 4 heterocycles. The maximum Gasteiger partial charge on any atom is 0.150 e. The molecule has 0 aromatic carbocycles. The van der Waals surface area contributed by atoms with E-state index in [-0.39, 0.29) is 12.1 Å². The molecule has 2 atom stereocenters. The summed E-state index contributed by atoms with van der Waals surface area (Å²) in [5.74, 6) is 2.97. The number of likely N-dealkylation sites (tertiary alicyclic amines) is 1. The SMILES string of the molecule is CN1C[C@H](O)C[C@H]1c1nnc2n1CCN(Cc1ccco1)C2. The average molecular weight is 303 g/mol. The Labute approximate surface area is 129 Å². The van der Waals surface area contributed by atoms with Crippen molar-refractivity contribution in [2.75, 3.05) is 20.1 Å². The van der Waals surface area contributed by atoms with Crippen LogP contribution in [0.25, 0.3) is 0 Å². The fraction of sp³-hybridized carbons (Fsp3) is 0.600. The topological polar surface area (TPSA) is 70.6 Å². The van der Waals surface area contributed by atoms with E-state index in [0.717, 1.165) is 50.0 Å². The van der Waals surface area contributed by atoms with Gasteiger partial charge in [-0.2, -0.15) is 0 Å². The summed E-state index contributed by atoms with van der Waals surface area (Å²) in [7, 11) is 2.04. The molecular formula is C15H21N5O2. The molecule has 0 bridgehead atoms. The van der Waals surface area contributed by atoms with Crippen LogP contribution in [0.2, 0.25) is 0 Å². The second kappa shape index (κ2) is 5.49. The highest BCUT2D eigenvalue weighted by Crippen LogP contribution is 2.30. The van der Waals surface area contributed by atoms with E-state index in [1.165, 1.54) is 0 Å². The van der Waals surface area contributed by atoms with Gasteiger partial charge in [-0.05, 0) is 25.6 Å². The lowest BCUT2D eigenvalue weighted by molar-refractivity contribution is 0.182. The fourth-order valence-corrected chi connectivity index (χ4v) is 3.51. The number of β-amino-alcohol motifs (C(OH)–C–C–N with tert-alkyl or cyclic N) is 1. The quantitative estimate of drug-likeness (QED) is 0.896. The van der Waals surface area contributed by atoms with E-state index < -0.39 is 0 Å². The smallest absolute Gasteiger partial charge is 0.150 e. The van der Waals surface area contributed by atoms with E-state index in [1.807, 2.05) is 19.2 Å². The summed E-state index contributed by atoms with van der Waals surface area (Å²) < 4.78 is 7.64. The first-order valence-corrected chi connectivity index (χ1v) is 7.75. The molecule has 4 rings (SSSR count). The highest BCUT2D eigenvalue weighted by Gasteiger charge is 2.34. The molecule has 1 N–H and O–H groups in total. The number of hydrogen-bond donors (Lipinski definition) is 1. The second-order valence-corrected chi connectivity index (χ2v) is 6.26. The minimum atomic E-state index is -0.262. The Morgan fingerprint density at radius 3 is 3.00 bits per heavy atom. The van der Waals surface area contributed by atoms with Crippen molar-refractivity contribution in [2.24, 2.45) is 0 Å². The molecule has 118 valence electrons. The third-order valence-electron chi connectivity index (χ3n) is 4.64.